The molecule has 110 valence electrons. The van der Waals surface area contributed by atoms with E-state index in [0.717, 1.165) is 25.2 Å². The normalized spacial score (nSPS) is 19.5. The van der Waals surface area contributed by atoms with Gasteiger partial charge in [-0.15, -0.1) is 0 Å². The van der Waals surface area contributed by atoms with E-state index < -0.39 is 0 Å². The molecule has 1 atom stereocenters. The molecule has 2 N–H and O–H groups in total. The maximum atomic E-state index is 12.2. The first-order valence-corrected chi connectivity index (χ1v) is 7.38. The summed E-state index contributed by atoms with van der Waals surface area (Å²) in [6, 6.07) is 8.56. The highest BCUT2D eigenvalue weighted by Gasteiger charge is 2.22. The van der Waals surface area contributed by atoms with E-state index in [-0.39, 0.29) is 5.91 Å². The number of anilines is 1. The van der Waals surface area contributed by atoms with Crippen molar-refractivity contribution in [1.29, 1.82) is 0 Å². The fraction of sp³-hybridized carbons (Fsp3) is 0.562. The molecule has 4 heteroatoms. The van der Waals surface area contributed by atoms with Crippen LogP contribution in [0.25, 0.3) is 0 Å². The Morgan fingerprint density at radius 2 is 2.15 bits per heavy atom. The molecule has 0 bridgehead atoms. The summed E-state index contributed by atoms with van der Waals surface area (Å²) in [6.45, 7) is 6.71. The smallest absolute Gasteiger partial charge is 0.238 e. The standard InChI is InChI=1S/C16H25N3O/c1-12(2)14-6-4-5-7-15(14)18-16(20)11-19-9-8-13(10-19)17-3/h4-7,12-13,17H,8-11H2,1-3H3,(H,18,20). The number of likely N-dealkylation sites (N-methyl/N-ethyl adjacent to an activating group) is 1. The lowest BCUT2D eigenvalue weighted by Crippen LogP contribution is -2.34. The second-order valence-corrected chi connectivity index (χ2v) is 5.80. The number of nitrogens with zero attached hydrogens (tertiary/aromatic N) is 1. The zero-order chi connectivity index (χ0) is 14.5. The first-order valence-electron chi connectivity index (χ1n) is 7.38. The van der Waals surface area contributed by atoms with Crippen LogP contribution in [0.5, 0.6) is 0 Å². The molecule has 20 heavy (non-hydrogen) atoms. The van der Waals surface area contributed by atoms with Gasteiger partial charge in [-0.3, -0.25) is 9.69 Å². The number of nitrogens with one attached hydrogen (secondary N) is 2. The molecule has 1 aliphatic heterocycles. The molecule has 1 amide bonds. The van der Waals surface area contributed by atoms with Crippen LogP contribution in [0.15, 0.2) is 24.3 Å². The maximum absolute atomic E-state index is 12.2. The second kappa shape index (κ2) is 6.86. The number of likely N-dealkylation sites (tertiary alicyclic amines) is 1. The molecule has 0 saturated carbocycles. The minimum atomic E-state index is 0.0786. The quantitative estimate of drug-likeness (QED) is 0.864. The summed E-state index contributed by atoms with van der Waals surface area (Å²) in [5, 5.41) is 6.32. The maximum Gasteiger partial charge on any atom is 0.238 e. The molecule has 1 aromatic carbocycles. The van der Waals surface area contributed by atoms with Gasteiger partial charge in [0.2, 0.25) is 5.91 Å². The first-order chi connectivity index (χ1) is 9.60. The van der Waals surface area contributed by atoms with E-state index in [1.165, 1.54) is 5.56 Å². The van der Waals surface area contributed by atoms with Crippen LogP contribution in [0.2, 0.25) is 0 Å². The van der Waals surface area contributed by atoms with Crippen molar-refractivity contribution in [2.24, 2.45) is 0 Å². The Balaban J connectivity index is 1.92. The van der Waals surface area contributed by atoms with Gasteiger partial charge in [-0.2, -0.15) is 0 Å². The predicted molar refractivity (Wildman–Crippen MR) is 83.1 cm³/mol. The van der Waals surface area contributed by atoms with Crippen molar-refractivity contribution in [3.05, 3.63) is 29.8 Å². The average molecular weight is 275 g/mol. The van der Waals surface area contributed by atoms with Crippen LogP contribution in [0.1, 0.15) is 31.7 Å². The third kappa shape index (κ3) is 3.81. The van der Waals surface area contributed by atoms with Crippen LogP contribution < -0.4 is 10.6 Å². The fourth-order valence-corrected chi connectivity index (χ4v) is 2.72. The molecule has 4 nitrogen and oxygen atoms in total. The minimum Gasteiger partial charge on any atom is -0.325 e. The molecule has 0 aliphatic carbocycles. The Hall–Kier alpha value is -1.39. The van der Waals surface area contributed by atoms with Crippen LogP contribution in [0.3, 0.4) is 0 Å². The largest absolute Gasteiger partial charge is 0.325 e. The van der Waals surface area contributed by atoms with Crippen molar-refractivity contribution >= 4 is 11.6 Å². The van der Waals surface area contributed by atoms with Gasteiger partial charge >= 0.3 is 0 Å². The Morgan fingerprint density at radius 3 is 2.80 bits per heavy atom. The summed E-state index contributed by atoms with van der Waals surface area (Å²) in [4.78, 5) is 14.4. The molecule has 0 radical (unpaired) electrons. The molecule has 0 spiro atoms. The Bertz CT molecular complexity index is 459. The van der Waals surface area contributed by atoms with E-state index in [2.05, 4.69) is 35.4 Å². The highest BCUT2D eigenvalue weighted by atomic mass is 16.2. The molecule has 1 unspecified atom stereocenters. The monoisotopic (exact) mass is 275 g/mol. The van der Waals surface area contributed by atoms with Crippen LogP contribution >= 0.6 is 0 Å². The Morgan fingerprint density at radius 1 is 1.40 bits per heavy atom. The van der Waals surface area contributed by atoms with Gasteiger partial charge in [-0.1, -0.05) is 32.0 Å². The lowest BCUT2D eigenvalue weighted by atomic mass is 10.0. The van der Waals surface area contributed by atoms with Crippen LogP contribution in [-0.2, 0) is 4.79 Å². The van der Waals surface area contributed by atoms with E-state index in [0.29, 0.717) is 18.5 Å². The molecule has 1 saturated heterocycles. The number of amides is 1. The van der Waals surface area contributed by atoms with Gasteiger partial charge in [0, 0.05) is 24.8 Å². The zero-order valence-corrected chi connectivity index (χ0v) is 12.6. The van der Waals surface area contributed by atoms with Gasteiger partial charge < -0.3 is 10.6 Å². The van der Waals surface area contributed by atoms with Crippen molar-refractivity contribution in [3.8, 4) is 0 Å². The number of hydrogen-bond acceptors (Lipinski definition) is 3. The number of para-hydroxylation sites is 1. The van der Waals surface area contributed by atoms with Crippen molar-refractivity contribution in [2.45, 2.75) is 32.2 Å². The third-order valence-electron chi connectivity index (χ3n) is 3.90. The number of benzene rings is 1. The lowest BCUT2D eigenvalue weighted by molar-refractivity contribution is -0.117. The van der Waals surface area contributed by atoms with Crippen molar-refractivity contribution in [3.63, 3.8) is 0 Å². The van der Waals surface area contributed by atoms with Crippen LogP contribution in [0, 0.1) is 0 Å². The van der Waals surface area contributed by atoms with Gasteiger partial charge in [-0.25, -0.2) is 0 Å². The summed E-state index contributed by atoms with van der Waals surface area (Å²) < 4.78 is 0. The Labute approximate surface area is 121 Å². The highest BCUT2D eigenvalue weighted by Crippen LogP contribution is 2.23. The molecule has 1 aliphatic rings. The Kier molecular flexibility index (Phi) is 5.15. The lowest BCUT2D eigenvalue weighted by Gasteiger charge is -2.17. The molecular weight excluding hydrogens is 250 g/mol. The summed E-state index contributed by atoms with van der Waals surface area (Å²) in [7, 11) is 1.98. The van der Waals surface area contributed by atoms with Crippen molar-refractivity contribution in [1.82, 2.24) is 10.2 Å². The van der Waals surface area contributed by atoms with E-state index in [1.807, 2.05) is 25.2 Å². The van der Waals surface area contributed by atoms with Crippen LogP contribution in [-0.4, -0.2) is 43.5 Å². The number of hydrogen-bond donors (Lipinski definition) is 2. The van der Waals surface area contributed by atoms with E-state index in [4.69, 9.17) is 0 Å². The fourth-order valence-electron chi connectivity index (χ4n) is 2.72. The summed E-state index contributed by atoms with van der Waals surface area (Å²) >= 11 is 0. The number of rotatable bonds is 5. The summed E-state index contributed by atoms with van der Waals surface area (Å²) in [5.74, 6) is 0.488. The first kappa shape index (κ1) is 15.0. The summed E-state index contributed by atoms with van der Waals surface area (Å²) in [6.07, 6.45) is 1.12. The van der Waals surface area contributed by atoms with Gasteiger partial charge in [-0.05, 0) is 31.0 Å². The van der Waals surface area contributed by atoms with Crippen LogP contribution in [0.4, 0.5) is 5.69 Å². The number of carbonyl (C=O) groups is 1. The van der Waals surface area contributed by atoms with Gasteiger partial charge in [0.25, 0.3) is 0 Å². The molecular formula is C16H25N3O. The third-order valence-corrected chi connectivity index (χ3v) is 3.90. The molecule has 1 fully saturated rings. The van der Waals surface area contributed by atoms with E-state index in [9.17, 15) is 4.79 Å². The molecule has 1 heterocycles. The van der Waals surface area contributed by atoms with Gasteiger partial charge in [0.05, 0.1) is 6.54 Å². The zero-order valence-electron chi connectivity index (χ0n) is 12.6. The van der Waals surface area contributed by atoms with Crippen molar-refractivity contribution < 1.29 is 4.79 Å². The van der Waals surface area contributed by atoms with E-state index >= 15 is 0 Å². The summed E-state index contributed by atoms with van der Waals surface area (Å²) in [5.41, 5.74) is 2.13. The van der Waals surface area contributed by atoms with Gasteiger partial charge in [0.1, 0.15) is 0 Å². The van der Waals surface area contributed by atoms with E-state index in [1.54, 1.807) is 0 Å². The van der Waals surface area contributed by atoms with Crippen molar-refractivity contribution in [2.75, 3.05) is 32.0 Å². The second-order valence-electron chi connectivity index (χ2n) is 5.80. The molecule has 2 rings (SSSR count). The predicted octanol–water partition coefficient (Wildman–Crippen LogP) is 2.04. The SMILES string of the molecule is CNC1CCN(CC(=O)Nc2ccccc2C(C)C)C1. The number of carbonyl (C=O) groups excluding carboxylic acids is 1. The minimum absolute atomic E-state index is 0.0786. The average Bonchev–Trinajstić information content (AvgIpc) is 2.86. The van der Waals surface area contributed by atoms with Gasteiger partial charge in [0.15, 0.2) is 0 Å². The molecule has 1 aromatic rings. The highest BCUT2D eigenvalue weighted by molar-refractivity contribution is 5.93. The molecule has 0 aromatic heterocycles. The topological polar surface area (TPSA) is 44.4 Å².